The van der Waals surface area contributed by atoms with Crippen LogP contribution >= 0.6 is 15.9 Å². The van der Waals surface area contributed by atoms with E-state index in [1.54, 1.807) is 0 Å². The van der Waals surface area contributed by atoms with Gasteiger partial charge < -0.3 is 10.1 Å². The molecule has 0 saturated carbocycles. The molecule has 0 saturated heterocycles. The highest BCUT2D eigenvalue weighted by atomic mass is 79.9. The van der Waals surface area contributed by atoms with Gasteiger partial charge in [-0.15, -0.1) is 0 Å². The normalized spacial score (nSPS) is 19.6. The molecule has 3 nitrogen and oxygen atoms in total. The summed E-state index contributed by atoms with van der Waals surface area (Å²) in [5, 5.41) is 2.66. The first kappa shape index (κ1) is 13.0. The van der Waals surface area contributed by atoms with Gasteiger partial charge in [-0.1, -0.05) is 47.2 Å². The molecule has 0 aromatic carbocycles. The predicted octanol–water partition coefficient (Wildman–Crippen LogP) is 3.14. The first-order chi connectivity index (χ1) is 7.63. The standard InChI is InChI=1S/C12H16BrNO2/c1-9-3-5-10(11(13)6-4-9)7-8-14-12(15)16-2/h3-6,9H,7-8H2,1-2H3,(H,14,15). The molecule has 0 fully saturated rings. The second-order valence-electron chi connectivity index (χ2n) is 3.62. The number of hydrogen-bond acceptors (Lipinski definition) is 2. The molecular formula is C12H16BrNO2. The Bertz CT molecular complexity index is 345. The maximum atomic E-state index is 10.9. The molecule has 0 aromatic heterocycles. The molecule has 1 aliphatic rings. The second-order valence-corrected chi connectivity index (χ2v) is 4.47. The zero-order valence-electron chi connectivity index (χ0n) is 9.50. The van der Waals surface area contributed by atoms with E-state index in [1.807, 2.05) is 0 Å². The van der Waals surface area contributed by atoms with Crippen LogP contribution < -0.4 is 5.32 Å². The van der Waals surface area contributed by atoms with Crippen molar-refractivity contribution in [3.05, 3.63) is 34.4 Å². The summed E-state index contributed by atoms with van der Waals surface area (Å²) in [6, 6.07) is 0. The number of halogens is 1. The lowest BCUT2D eigenvalue weighted by atomic mass is 10.1. The van der Waals surface area contributed by atoms with E-state index < -0.39 is 6.09 Å². The molecule has 0 radical (unpaired) electrons. The van der Waals surface area contributed by atoms with Gasteiger partial charge >= 0.3 is 6.09 Å². The first-order valence-electron chi connectivity index (χ1n) is 5.20. The molecule has 1 rings (SSSR count). The smallest absolute Gasteiger partial charge is 0.406 e. The van der Waals surface area contributed by atoms with Gasteiger partial charge in [0.1, 0.15) is 0 Å². The number of hydrogen-bond donors (Lipinski definition) is 1. The molecular weight excluding hydrogens is 270 g/mol. The second kappa shape index (κ2) is 6.53. The third-order valence-electron chi connectivity index (χ3n) is 2.30. The molecule has 0 aliphatic heterocycles. The van der Waals surface area contributed by atoms with E-state index in [9.17, 15) is 4.79 Å². The Balaban J connectivity index is 2.50. The minimum absolute atomic E-state index is 0.391. The summed E-state index contributed by atoms with van der Waals surface area (Å²) in [6.45, 7) is 2.70. The van der Waals surface area contributed by atoms with Crippen LogP contribution in [-0.2, 0) is 4.74 Å². The zero-order chi connectivity index (χ0) is 12.0. The topological polar surface area (TPSA) is 38.3 Å². The van der Waals surface area contributed by atoms with Crippen molar-refractivity contribution in [1.29, 1.82) is 0 Å². The molecule has 1 atom stereocenters. The van der Waals surface area contributed by atoms with Crippen LogP contribution in [-0.4, -0.2) is 19.7 Å². The van der Waals surface area contributed by atoms with Crippen molar-refractivity contribution >= 4 is 22.0 Å². The lowest BCUT2D eigenvalue weighted by molar-refractivity contribution is 0.171. The summed E-state index contributed by atoms with van der Waals surface area (Å²) >= 11 is 3.51. The van der Waals surface area contributed by atoms with Gasteiger partial charge in [0.05, 0.1) is 7.11 Å². The molecule has 1 amide bonds. The fourth-order valence-corrected chi connectivity index (χ4v) is 1.81. The highest BCUT2D eigenvalue weighted by Gasteiger charge is 2.05. The Morgan fingerprint density at radius 1 is 1.50 bits per heavy atom. The van der Waals surface area contributed by atoms with E-state index in [0.717, 1.165) is 10.9 Å². The number of methoxy groups -OCH3 is 1. The molecule has 0 aromatic rings. The Morgan fingerprint density at radius 3 is 2.88 bits per heavy atom. The number of amides is 1. The number of nitrogens with one attached hydrogen (secondary N) is 1. The molecule has 1 aliphatic carbocycles. The van der Waals surface area contributed by atoms with Crippen molar-refractivity contribution in [3.63, 3.8) is 0 Å². The molecule has 0 spiro atoms. The SMILES string of the molecule is COC(=O)NCCC1=C(Br)C=CC(C)C=C1. The van der Waals surface area contributed by atoms with Crippen LogP contribution in [0, 0.1) is 5.92 Å². The van der Waals surface area contributed by atoms with Gasteiger partial charge in [0, 0.05) is 11.0 Å². The summed E-state index contributed by atoms with van der Waals surface area (Å²) in [7, 11) is 1.36. The molecule has 16 heavy (non-hydrogen) atoms. The van der Waals surface area contributed by atoms with Crippen molar-refractivity contribution in [2.45, 2.75) is 13.3 Å². The number of alkyl carbamates (subject to hydrolysis) is 1. The van der Waals surface area contributed by atoms with E-state index in [0.29, 0.717) is 12.5 Å². The molecule has 1 N–H and O–H groups in total. The summed E-state index contributed by atoms with van der Waals surface area (Å²) in [4.78, 5) is 10.9. The predicted molar refractivity (Wildman–Crippen MR) is 68.4 cm³/mol. The molecule has 4 heteroatoms. The minimum Gasteiger partial charge on any atom is -0.453 e. The minimum atomic E-state index is -0.391. The third kappa shape index (κ3) is 4.23. The summed E-state index contributed by atoms with van der Waals surface area (Å²) in [5.74, 6) is 0.443. The lowest BCUT2D eigenvalue weighted by Gasteiger charge is -2.05. The van der Waals surface area contributed by atoms with Gasteiger partial charge in [0.15, 0.2) is 0 Å². The van der Waals surface area contributed by atoms with Crippen molar-refractivity contribution in [2.24, 2.45) is 5.92 Å². The summed E-state index contributed by atoms with van der Waals surface area (Å²) < 4.78 is 5.57. The first-order valence-corrected chi connectivity index (χ1v) is 5.99. The van der Waals surface area contributed by atoms with Crippen molar-refractivity contribution in [1.82, 2.24) is 5.32 Å². The maximum absolute atomic E-state index is 10.9. The van der Waals surface area contributed by atoms with E-state index >= 15 is 0 Å². The zero-order valence-corrected chi connectivity index (χ0v) is 11.1. The summed E-state index contributed by atoms with van der Waals surface area (Å²) in [5.41, 5.74) is 1.18. The van der Waals surface area contributed by atoms with E-state index in [1.165, 1.54) is 12.7 Å². The van der Waals surface area contributed by atoms with Crippen molar-refractivity contribution in [2.75, 3.05) is 13.7 Å². The number of ether oxygens (including phenoxy) is 1. The molecule has 0 heterocycles. The fraction of sp³-hybridized carbons (Fsp3) is 0.417. The highest BCUT2D eigenvalue weighted by Crippen LogP contribution is 2.22. The number of carbonyl (C=O) groups excluding carboxylic acids is 1. The fourth-order valence-electron chi connectivity index (χ4n) is 1.33. The van der Waals surface area contributed by atoms with Gasteiger partial charge in [-0.25, -0.2) is 4.79 Å². The highest BCUT2D eigenvalue weighted by molar-refractivity contribution is 9.11. The van der Waals surface area contributed by atoms with Gasteiger partial charge in [-0.2, -0.15) is 0 Å². The monoisotopic (exact) mass is 285 g/mol. The van der Waals surface area contributed by atoms with Crippen molar-refractivity contribution in [3.8, 4) is 0 Å². The van der Waals surface area contributed by atoms with Crippen LogP contribution in [0.3, 0.4) is 0 Å². The van der Waals surface area contributed by atoms with Gasteiger partial charge in [0.25, 0.3) is 0 Å². The number of rotatable bonds is 3. The molecule has 0 bridgehead atoms. The van der Waals surface area contributed by atoms with Crippen LogP contribution in [0.15, 0.2) is 34.4 Å². The Labute approximate surface area is 104 Å². The molecule has 88 valence electrons. The quantitative estimate of drug-likeness (QED) is 0.865. The Hall–Kier alpha value is -1.03. The Morgan fingerprint density at radius 2 is 2.19 bits per heavy atom. The third-order valence-corrected chi connectivity index (χ3v) is 3.08. The van der Waals surface area contributed by atoms with Crippen LogP contribution in [0.2, 0.25) is 0 Å². The van der Waals surface area contributed by atoms with Gasteiger partial charge in [-0.05, 0) is 17.9 Å². The van der Waals surface area contributed by atoms with Crippen molar-refractivity contribution < 1.29 is 9.53 Å². The average Bonchev–Trinajstić information content (AvgIpc) is 2.43. The van der Waals surface area contributed by atoms with Crippen LogP contribution in [0.1, 0.15) is 13.3 Å². The maximum Gasteiger partial charge on any atom is 0.406 e. The van der Waals surface area contributed by atoms with Gasteiger partial charge in [0.2, 0.25) is 0 Å². The van der Waals surface area contributed by atoms with E-state index in [4.69, 9.17) is 0 Å². The largest absolute Gasteiger partial charge is 0.453 e. The summed E-state index contributed by atoms with van der Waals surface area (Å²) in [6.07, 6.45) is 8.80. The van der Waals surface area contributed by atoms with E-state index in [2.05, 4.69) is 57.2 Å². The van der Waals surface area contributed by atoms with Crippen LogP contribution in [0.4, 0.5) is 4.79 Å². The number of allylic oxidation sites excluding steroid dienone is 5. The average molecular weight is 286 g/mol. The van der Waals surface area contributed by atoms with Gasteiger partial charge in [-0.3, -0.25) is 0 Å². The van der Waals surface area contributed by atoms with Crippen LogP contribution in [0.5, 0.6) is 0 Å². The molecule has 1 unspecified atom stereocenters. The Kier molecular flexibility index (Phi) is 5.32. The number of carbonyl (C=O) groups is 1. The van der Waals surface area contributed by atoms with E-state index in [-0.39, 0.29) is 0 Å². The lowest BCUT2D eigenvalue weighted by Crippen LogP contribution is -2.24. The van der Waals surface area contributed by atoms with Crippen LogP contribution in [0.25, 0.3) is 0 Å².